The molecule has 22 heavy (non-hydrogen) atoms. The number of anilines is 1. The number of hydrogen-bond acceptors (Lipinski definition) is 4. The smallest absolute Gasteiger partial charge is 0.380 e. The van der Waals surface area contributed by atoms with Gasteiger partial charge in [0.25, 0.3) is 5.69 Å². The Morgan fingerprint density at radius 3 is 2.41 bits per heavy atom. The summed E-state index contributed by atoms with van der Waals surface area (Å²) in [5, 5.41) is 13.7. The largest absolute Gasteiger partial charge is 0.446 e. The van der Waals surface area contributed by atoms with Crippen molar-refractivity contribution in [2.24, 2.45) is 0 Å². The predicted molar refractivity (Wildman–Crippen MR) is 78.8 cm³/mol. The average molecular weight is 328 g/mol. The van der Waals surface area contributed by atoms with Gasteiger partial charge in [0.2, 0.25) is 0 Å². The van der Waals surface area contributed by atoms with Crippen molar-refractivity contribution >= 4 is 23.1 Å². The van der Waals surface area contributed by atoms with Gasteiger partial charge in [-0.1, -0.05) is 30.3 Å². The molecule has 0 saturated heterocycles. The van der Waals surface area contributed by atoms with Gasteiger partial charge >= 0.3 is 5.51 Å². The summed E-state index contributed by atoms with van der Waals surface area (Å²) in [5.74, 6) is 0. The minimum atomic E-state index is -4.39. The Bertz CT molecular complexity index is 677. The van der Waals surface area contributed by atoms with Gasteiger partial charge in [0.1, 0.15) is 0 Å². The molecule has 0 amide bonds. The molecule has 0 radical (unpaired) electrons. The van der Waals surface area contributed by atoms with Crippen LogP contribution < -0.4 is 5.32 Å². The maximum Gasteiger partial charge on any atom is 0.446 e. The van der Waals surface area contributed by atoms with Crippen LogP contribution in [-0.4, -0.2) is 10.4 Å². The Morgan fingerprint density at radius 2 is 1.73 bits per heavy atom. The molecule has 2 aromatic rings. The van der Waals surface area contributed by atoms with Crippen LogP contribution in [0.3, 0.4) is 0 Å². The van der Waals surface area contributed by atoms with Crippen LogP contribution in [0.2, 0.25) is 0 Å². The Labute approximate surface area is 128 Å². The summed E-state index contributed by atoms with van der Waals surface area (Å²) in [6.07, 6.45) is 0. The van der Waals surface area contributed by atoms with Crippen molar-refractivity contribution in [3.8, 4) is 0 Å². The third-order valence-corrected chi connectivity index (χ3v) is 3.58. The summed E-state index contributed by atoms with van der Waals surface area (Å²) in [6, 6.07) is 12.0. The van der Waals surface area contributed by atoms with Crippen LogP contribution in [0.1, 0.15) is 5.56 Å². The number of thioether (sulfide) groups is 1. The Hall–Kier alpha value is -2.22. The van der Waals surface area contributed by atoms with Gasteiger partial charge in [0, 0.05) is 28.8 Å². The van der Waals surface area contributed by atoms with Crippen LogP contribution in [0.4, 0.5) is 24.5 Å². The molecule has 0 bridgehead atoms. The summed E-state index contributed by atoms with van der Waals surface area (Å²) in [4.78, 5) is 10.4. The third kappa shape index (κ3) is 4.39. The molecule has 0 aliphatic rings. The molecule has 0 fully saturated rings. The zero-order valence-electron chi connectivity index (χ0n) is 11.1. The third-order valence-electron chi connectivity index (χ3n) is 2.77. The SMILES string of the molecule is O=[N+]([O-])c1ccccc1CNc1ccccc1SC(F)(F)F. The minimum absolute atomic E-state index is 0.0218. The van der Waals surface area contributed by atoms with Crippen LogP contribution in [0.25, 0.3) is 0 Å². The van der Waals surface area contributed by atoms with Crippen molar-refractivity contribution in [3.63, 3.8) is 0 Å². The number of nitro groups is 1. The highest BCUT2D eigenvalue weighted by atomic mass is 32.2. The fraction of sp³-hybridized carbons (Fsp3) is 0.143. The minimum Gasteiger partial charge on any atom is -0.380 e. The number of halogens is 3. The van der Waals surface area contributed by atoms with Crippen molar-refractivity contribution in [1.82, 2.24) is 0 Å². The van der Waals surface area contributed by atoms with Crippen molar-refractivity contribution in [1.29, 1.82) is 0 Å². The van der Waals surface area contributed by atoms with E-state index in [1.54, 1.807) is 18.2 Å². The number of hydrogen-bond donors (Lipinski definition) is 1. The molecule has 0 aromatic heterocycles. The van der Waals surface area contributed by atoms with Gasteiger partial charge < -0.3 is 5.32 Å². The molecule has 0 spiro atoms. The van der Waals surface area contributed by atoms with Gasteiger partial charge in [-0.2, -0.15) is 13.2 Å². The van der Waals surface area contributed by atoms with Crippen LogP contribution in [-0.2, 0) is 6.54 Å². The highest BCUT2D eigenvalue weighted by molar-refractivity contribution is 8.00. The predicted octanol–water partition coefficient (Wildman–Crippen LogP) is 4.82. The molecule has 0 atom stereocenters. The number of rotatable bonds is 5. The van der Waals surface area contributed by atoms with E-state index in [2.05, 4.69) is 5.32 Å². The second-order valence-corrected chi connectivity index (χ2v) is 5.39. The molecular formula is C14H11F3N2O2S. The van der Waals surface area contributed by atoms with Crippen molar-refractivity contribution in [2.75, 3.05) is 5.32 Å². The maximum absolute atomic E-state index is 12.5. The van der Waals surface area contributed by atoms with E-state index in [9.17, 15) is 23.3 Å². The van der Waals surface area contributed by atoms with Crippen molar-refractivity contribution < 1.29 is 18.1 Å². The van der Waals surface area contributed by atoms with E-state index in [-0.39, 0.29) is 34.6 Å². The summed E-state index contributed by atoms with van der Waals surface area (Å²) in [6.45, 7) is 0.0621. The molecule has 0 heterocycles. The lowest BCUT2D eigenvalue weighted by molar-refractivity contribution is -0.385. The number of nitrogens with one attached hydrogen (secondary N) is 1. The first-order valence-electron chi connectivity index (χ1n) is 6.18. The molecule has 0 unspecified atom stereocenters. The average Bonchev–Trinajstić information content (AvgIpc) is 2.45. The lowest BCUT2D eigenvalue weighted by Gasteiger charge is -2.13. The van der Waals surface area contributed by atoms with Crippen molar-refractivity contribution in [3.05, 3.63) is 64.2 Å². The van der Waals surface area contributed by atoms with Crippen LogP contribution in [0, 0.1) is 10.1 Å². The van der Waals surface area contributed by atoms with Crippen LogP contribution >= 0.6 is 11.8 Å². The van der Waals surface area contributed by atoms with E-state index in [1.165, 1.54) is 30.3 Å². The lowest BCUT2D eigenvalue weighted by Crippen LogP contribution is -2.05. The second-order valence-electron chi connectivity index (χ2n) is 4.28. The second kappa shape index (κ2) is 6.69. The molecule has 8 heteroatoms. The van der Waals surface area contributed by atoms with E-state index in [0.29, 0.717) is 5.56 Å². The van der Waals surface area contributed by atoms with E-state index < -0.39 is 10.4 Å². The topological polar surface area (TPSA) is 55.2 Å². The van der Waals surface area contributed by atoms with Gasteiger partial charge in [-0.15, -0.1) is 0 Å². The molecule has 2 rings (SSSR count). The summed E-state index contributed by atoms with van der Waals surface area (Å²) < 4.78 is 37.5. The van der Waals surface area contributed by atoms with Crippen LogP contribution in [0.5, 0.6) is 0 Å². The molecule has 0 saturated carbocycles. The van der Waals surface area contributed by atoms with Gasteiger partial charge in [0.05, 0.1) is 4.92 Å². The highest BCUT2D eigenvalue weighted by Gasteiger charge is 2.30. The molecular weight excluding hydrogens is 317 g/mol. The molecule has 0 aliphatic heterocycles. The molecule has 116 valence electrons. The Kier molecular flexibility index (Phi) is 4.92. The fourth-order valence-corrected chi connectivity index (χ4v) is 2.50. The number of benzene rings is 2. The van der Waals surface area contributed by atoms with Gasteiger partial charge in [-0.25, -0.2) is 0 Å². The zero-order chi connectivity index (χ0) is 16.2. The highest BCUT2D eigenvalue weighted by Crippen LogP contribution is 2.40. The molecule has 2 aromatic carbocycles. The number of nitro benzene ring substituents is 1. The molecule has 0 aliphatic carbocycles. The van der Waals surface area contributed by atoms with E-state index in [0.717, 1.165) is 0 Å². The molecule has 4 nitrogen and oxygen atoms in total. The summed E-state index contributed by atoms with van der Waals surface area (Å²) in [5.41, 5.74) is -3.78. The van der Waals surface area contributed by atoms with Crippen LogP contribution in [0.15, 0.2) is 53.4 Å². The fourth-order valence-electron chi connectivity index (χ4n) is 1.86. The lowest BCUT2D eigenvalue weighted by atomic mass is 10.2. The summed E-state index contributed by atoms with van der Waals surface area (Å²) >= 11 is -0.223. The number of alkyl halides is 3. The Balaban J connectivity index is 2.18. The van der Waals surface area contributed by atoms with E-state index >= 15 is 0 Å². The van der Waals surface area contributed by atoms with Gasteiger partial charge in [0.15, 0.2) is 0 Å². The number of para-hydroxylation sites is 2. The Morgan fingerprint density at radius 1 is 1.09 bits per heavy atom. The normalized spacial score (nSPS) is 11.2. The monoisotopic (exact) mass is 328 g/mol. The molecule has 1 N–H and O–H groups in total. The number of nitrogens with zero attached hydrogens (tertiary/aromatic N) is 1. The first-order valence-corrected chi connectivity index (χ1v) is 6.99. The quantitative estimate of drug-likeness (QED) is 0.486. The first kappa shape index (κ1) is 16.2. The summed E-state index contributed by atoms with van der Waals surface area (Å²) in [7, 11) is 0. The van der Waals surface area contributed by atoms with Gasteiger partial charge in [-0.05, 0) is 23.9 Å². The standard InChI is InChI=1S/C14H11F3N2O2S/c15-14(16,17)22-13-8-4-2-6-11(13)18-9-10-5-1-3-7-12(10)19(20)21/h1-8,18H,9H2. The van der Waals surface area contributed by atoms with Crippen molar-refractivity contribution in [2.45, 2.75) is 16.9 Å². The first-order chi connectivity index (χ1) is 10.4. The maximum atomic E-state index is 12.5. The van der Waals surface area contributed by atoms with E-state index in [4.69, 9.17) is 0 Å². The van der Waals surface area contributed by atoms with E-state index in [1.807, 2.05) is 0 Å². The van der Waals surface area contributed by atoms with Gasteiger partial charge in [-0.3, -0.25) is 10.1 Å². The zero-order valence-corrected chi connectivity index (χ0v) is 11.9.